The summed E-state index contributed by atoms with van der Waals surface area (Å²) in [6.45, 7) is 5.87. The zero-order valence-electron chi connectivity index (χ0n) is 11.4. The Hall–Kier alpha value is -1.49. The summed E-state index contributed by atoms with van der Waals surface area (Å²) in [5, 5.41) is 11.8. The van der Waals surface area contributed by atoms with E-state index in [1.165, 1.54) is 11.8 Å². The average molecular weight is 281 g/mol. The second-order valence-corrected chi connectivity index (χ2v) is 5.47. The van der Waals surface area contributed by atoms with Gasteiger partial charge in [-0.3, -0.25) is 4.79 Å². The van der Waals surface area contributed by atoms with Crippen LogP contribution in [0.4, 0.5) is 0 Å². The van der Waals surface area contributed by atoms with Gasteiger partial charge in [-0.1, -0.05) is 13.0 Å². The molecule has 4 nitrogen and oxygen atoms in total. The van der Waals surface area contributed by atoms with Gasteiger partial charge >= 0.3 is 5.97 Å². The number of aromatic carboxylic acids is 1. The van der Waals surface area contributed by atoms with Gasteiger partial charge in [-0.15, -0.1) is 11.8 Å². The minimum Gasteiger partial charge on any atom is -0.478 e. The van der Waals surface area contributed by atoms with E-state index in [2.05, 4.69) is 5.32 Å². The van der Waals surface area contributed by atoms with E-state index < -0.39 is 5.97 Å². The number of rotatable bonds is 6. The van der Waals surface area contributed by atoms with Crippen LogP contribution in [0.3, 0.4) is 0 Å². The zero-order chi connectivity index (χ0) is 14.4. The fourth-order valence-electron chi connectivity index (χ4n) is 1.45. The second-order valence-electron chi connectivity index (χ2n) is 4.45. The van der Waals surface area contributed by atoms with Crippen molar-refractivity contribution in [3.63, 3.8) is 0 Å². The third-order valence-electron chi connectivity index (χ3n) is 2.81. The van der Waals surface area contributed by atoms with Gasteiger partial charge in [-0.25, -0.2) is 4.79 Å². The van der Waals surface area contributed by atoms with Crippen LogP contribution in [0.5, 0.6) is 0 Å². The Morgan fingerprint density at radius 3 is 2.68 bits per heavy atom. The molecule has 0 fully saturated rings. The number of thioether (sulfide) groups is 1. The number of hydrogen-bond donors (Lipinski definition) is 2. The van der Waals surface area contributed by atoms with Crippen LogP contribution >= 0.6 is 11.8 Å². The molecule has 1 amide bonds. The molecule has 1 aromatic rings. The van der Waals surface area contributed by atoms with Gasteiger partial charge in [-0.2, -0.15) is 0 Å². The monoisotopic (exact) mass is 281 g/mol. The SMILES string of the molecule is CCC(C)NC(=O)CSc1cc(C(=O)O)ccc1C. The molecule has 19 heavy (non-hydrogen) atoms. The number of carbonyl (C=O) groups excluding carboxylic acids is 1. The molecule has 2 N–H and O–H groups in total. The number of carboxylic acid groups (broad SMARTS) is 1. The third-order valence-corrected chi connectivity index (χ3v) is 3.97. The molecule has 0 aromatic heterocycles. The van der Waals surface area contributed by atoms with Gasteiger partial charge in [0.1, 0.15) is 0 Å². The van der Waals surface area contributed by atoms with Crippen molar-refractivity contribution in [2.24, 2.45) is 0 Å². The van der Waals surface area contributed by atoms with Gasteiger partial charge in [-0.05, 0) is 38.0 Å². The van der Waals surface area contributed by atoms with E-state index in [0.29, 0.717) is 5.75 Å². The fraction of sp³-hybridized carbons (Fsp3) is 0.429. The summed E-state index contributed by atoms with van der Waals surface area (Å²) in [5.41, 5.74) is 1.22. The summed E-state index contributed by atoms with van der Waals surface area (Å²) in [7, 11) is 0. The van der Waals surface area contributed by atoms with Crippen molar-refractivity contribution in [3.05, 3.63) is 29.3 Å². The number of aryl methyl sites for hydroxylation is 1. The Morgan fingerprint density at radius 1 is 1.42 bits per heavy atom. The summed E-state index contributed by atoms with van der Waals surface area (Å²) in [6.07, 6.45) is 0.893. The van der Waals surface area contributed by atoms with E-state index in [4.69, 9.17) is 5.11 Å². The summed E-state index contributed by atoms with van der Waals surface area (Å²) >= 11 is 1.36. The summed E-state index contributed by atoms with van der Waals surface area (Å²) < 4.78 is 0. The molecule has 0 spiro atoms. The van der Waals surface area contributed by atoms with Crippen LogP contribution in [-0.4, -0.2) is 28.8 Å². The molecular weight excluding hydrogens is 262 g/mol. The first-order valence-corrected chi connectivity index (χ1v) is 7.18. The van der Waals surface area contributed by atoms with Crippen LogP contribution in [0.25, 0.3) is 0 Å². The summed E-state index contributed by atoms with van der Waals surface area (Å²) in [6, 6.07) is 5.11. The van der Waals surface area contributed by atoms with Crippen LogP contribution < -0.4 is 5.32 Å². The lowest BCUT2D eigenvalue weighted by Gasteiger charge is -2.11. The molecule has 1 aromatic carbocycles. The van der Waals surface area contributed by atoms with E-state index in [0.717, 1.165) is 16.9 Å². The number of carboxylic acids is 1. The van der Waals surface area contributed by atoms with Gasteiger partial charge in [0.2, 0.25) is 5.91 Å². The van der Waals surface area contributed by atoms with Gasteiger partial charge < -0.3 is 10.4 Å². The molecule has 0 aliphatic carbocycles. The molecule has 0 aliphatic heterocycles. The maximum absolute atomic E-state index is 11.7. The minimum atomic E-state index is -0.953. The normalized spacial score (nSPS) is 11.9. The van der Waals surface area contributed by atoms with Gasteiger partial charge in [0.15, 0.2) is 0 Å². The van der Waals surface area contributed by atoms with Crippen molar-refractivity contribution in [1.82, 2.24) is 5.32 Å². The van der Waals surface area contributed by atoms with Gasteiger partial charge in [0.25, 0.3) is 0 Å². The second kappa shape index (κ2) is 7.19. The highest BCUT2D eigenvalue weighted by atomic mass is 32.2. The van der Waals surface area contributed by atoms with Crippen LogP contribution in [0.1, 0.15) is 36.2 Å². The number of amides is 1. The summed E-state index contributed by atoms with van der Waals surface area (Å²) in [4.78, 5) is 23.4. The Bertz CT molecular complexity index is 474. The first-order chi connectivity index (χ1) is 8.93. The highest BCUT2D eigenvalue weighted by molar-refractivity contribution is 8.00. The minimum absolute atomic E-state index is 0.0283. The van der Waals surface area contributed by atoms with E-state index in [1.54, 1.807) is 18.2 Å². The molecule has 1 unspecified atom stereocenters. The molecule has 5 heteroatoms. The smallest absolute Gasteiger partial charge is 0.335 e. The Kier molecular flexibility index (Phi) is 5.89. The largest absolute Gasteiger partial charge is 0.478 e. The van der Waals surface area contributed by atoms with Crippen molar-refractivity contribution in [2.45, 2.75) is 38.1 Å². The quantitative estimate of drug-likeness (QED) is 0.787. The highest BCUT2D eigenvalue weighted by Gasteiger charge is 2.10. The van der Waals surface area contributed by atoms with Crippen molar-refractivity contribution >= 4 is 23.6 Å². The lowest BCUT2D eigenvalue weighted by Crippen LogP contribution is -2.33. The van der Waals surface area contributed by atoms with Crippen molar-refractivity contribution in [1.29, 1.82) is 0 Å². The predicted octanol–water partition coefficient (Wildman–Crippen LogP) is 2.70. The Labute approximate surface area is 117 Å². The molecule has 0 heterocycles. The molecule has 0 aliphatic rings. The van der Waals surface area contributed by atoms with Gasteiger partial charge in [0, 0.05) is 10.9 Å². The molecule has 1 atom stereocenters. The van der Waals surface area contributed by atoms with E-state index in [9.17, 15) is 9.59 Å². The topological polar surface area (TPSA) is 66.4 Å². The van der Waals surface area contributed by atoms with Crippen LogP contribution in [-0.2, 0) is 4.79 Å². The fourth-order valence-corrected chi connectivity index (χ4v) is 2.33. The van der Waals surface area contributed by atoms with Crippen molar-refractivity contribution < 1.29 is 14.7 Å². The zero-order valence-corrected chi connectivity index (χ0v) is 12.2. The first-order valence-electron chi connectivity index (χ1n) is 6.20. The van der Waals surface area contributed by atoms with Crippen molar-refractivity contribution in [3.8, 4) is 0 Å². The maximum atomic E-state index is 11.7. The number of carbonyl (C=O) groups is 2. The molecule has 0 saturated carbocycles. The molecule has 1 rings (SSSR count). The Balaban J connectivity index is 2.64. The van der Waals surface area contributed by atoms with Crippen molar-refractivity contribution in [2.75, 3.05) is 5.75 Å². The standard InChI is InChI=1S/C14H19NO3S/c1-4-10(3)15-13(16)8-19-12-7-11(14(17)18)6-5-9(12)2/h5-7,10H,4,8H2,1-3H3,(H,15,16)(H,17,18). The molecule has 104 valence electrons. The van der Waals surface area contributed by atoms with Gasteiger partial charge in [0.05, 0.1) is 11.3 Å². The lowest BCUT2D eigenvalue weighted by molar-refractivity contribution is -0.119. The average Bonchev–Trinajstić information content (AvgIpc) is 2.37. The molecule has 0 saturated heterocycles. The Morgan fingerprint density at radius 2 is 2.11 bits per heavy atom. The number of hydrogen-bond acceptors (Lipinski definition) is 3. The van der Waals surface area contributed by atoms with E-state index in [1.807, 2.05) is 20.8 Å². The number of nitrogens with one attached hydrogen (secondary N) is 1. The first kappa shape index (κ1) is 15.6. The molecule has 0 bridgehead atoms. The third kappa shape index (κ3) is 4.95. The van der Waals surface area contributed by atoms with Crippen LogP contribution in [0.15, 0.2) is 23.1 Å². The lowest BCUT2D eigenvalue weighted by atomic mass is 10.1. The van der Waals surface area contributed by atoms with Crippen LogP contribution in [0, 0.1) is 6.92 Å². The summed E-state index contributed by atoms with van der Waals surface area (Å²) in [5.74, 6) is -0.681. The maximum Gasteiger partial charge on any atom is 0.335 e. The highest BCUT2D eigenvalue weighted by Crippen LogP contribution is 2.23. The number of benzene rings is 1. The molecular formula is C14H19NO3S. The predicted molar refractivity (Wildman–Crippen MR) is 76.8 cm³/mol. The van der Waals surface area contributed by atoms with E-state index >= 15 is 0 Å². The van der Waals surface area contributed by atoms with E-state index in [-0.39, 0.29) is 17.5 Å². The van der Waals surface area contributed by atoms with Crippen LogP contribution in [0.2, 0.25) is 0 Å². The molecule has 0 radical (unpaired) electrons.